The highest BCUT2D eigenvalue weighted by Crippen LogP contribution is 2.35. The van der Waals surface area contributed by atoms with Crippen LogP contribution in [0.4, 0.5) is 0 Å². The molecule has 4 nitrogen and oxygen atoms in total. The molecule has 0 radical (unpaired) electrons. The number of hydrogen-bond acceptors (Lipinski definition) is 4. The van der Waals surface area contributed by atoms with Crippen LogP contribution in [0.1, 0.15) is 39.5 Å². The summed E-state index contributed by atoms with van der Waals surface area (Å²) in [6.07, 6.45) is 4.19. The number of likely N-dealkylation sites (N-methyl/N-ethyl adjacent to an activating group) is 1. The van der Waals surface area contributed by atoms with E-state index in [4.69, 9.17) is 5.73 Å². The van der Waals surface area contributed by atoms with Gasteiger partial charge in [0.1, 0.15) is 5.54 Å². The summed E-state index contributed by atoms with van der Waals surface area (Å²) in [5.74, 6) is 0.389. The van der Waals surface area contributed by atoms with Crippen LogP contribution in [0.15, 0.2) is 0 Å². The summed E-state index contributed by atoms with van der Waals surface area (Å²) in [7, 11) is 2.20. The van der Waals surface area contributed by atoms with Gasteiger partial charge in [0.15, 0.2) is 0 Å². The van der Waals surface area contributed by atoms with Gasteiger partial charge in [-0.1, -0.05) is 6.42 Å². The molecular weight excluding hydrogens is 236 g/mol. The van der Waals surface area contributed by atoms with E-state index in [1.54, 1.807) is 0 Å². The van der Waals surface area contributed by atoms with E-state index in [0.717, 1.165) is 51.9 Å². The number of rotatable bonds is 3. The normalized spacial score (nSPS) is 36.3. The van der Waals surface area contributed by atoms with Crippen LogP contribution in [-0.4, -0.2) is 54.1 Å². The van der Waals surface area contributed by atoms with Crippen molar-refractivity contribution in [3.05, 3.63) is 0 Å². The van der Waals surface area contributed by atoms with Crippen molar-refractivity contribution in [1.29, 1.82) is 5.26 Å². The van der Waals surface area contributed by atoms with Gasteiger partial charge in [0.25, 0.3) is 0 Å². The van der Waals surface area contributed by atoms with Gasteiger partial charge in [-0.2, -0.15) is 5.26 Å². The second-order valence-electron chi connectivity index (χ2n) is 7.04. The molecule has 108 valence electrons. The minimum Gasteiger partial charge on any atom is -0.313 e. The molecule has 0 aromatic carbocycles. The van der Waals surface area contributed by atoms with Crippen LogP contribution in [0.5, 0.6) is 0 Å². The molecule has 1 saturated heterocycles. The Morgan fingerprint density at radius 1 is 1.37 bits per heavy atom. The van der Waals surface area contributed by atoms with Crippen molar-refractivity contribution in [1.82, 2.24) is 9.80 Å². The zero-order valence-electron chi connectivity index (χ0n) is 12.7. The van der Waals surface area contributed by atoms with Crippen LogP contribution in [-0.2, 0) is 0 Å². The molecule has 2 N–H and O–H groups in total. The summed E-state index contributed by atoms with van der Waals surface area (Å²) in [6.45, 7) is 9.07. The molecule has 1 aliphatic carbocycles. The minimum atomic E-state index is -0.553. The Bertz CT molecular complexity index is 360. The lowest BCUT2D eigenvalue weighted by molar-refractivity contribution is 0.0365. The van der Waals surface area contributed by atoms with E-state index in [2.05, 4.69) is 36.8 Å². The first-order valence-electron chi connectivity index (χ1n) is 7.51. The summed E-state index contributed by atoms with van der Waals surface area (Å²) < 4.78 is 0. The summed E-state index contributed by atoms with van der Waals surface area (Å²) in [5, 5.41) is 9.26. The fraction of sp³-hybridized carbons (Fsp3) is 0.933. The van der Waals surface area contributed by atoms with Gasteiger partial charge >= 0.3 is 0 Å². The fourth-order valence-electron chi connectivity index (χ4n) is 3.52. The molecule has 1 saturated carbocycles. The monoisotopic (exact) mass is 264 g/mol. The van der Waals surface area contributed by atoms with Crippen molar-refractivity contribution >= 4 is 0 Å². The number of piperazine rings is 1. The molecule has 0 amide bonds. The number of hydrogen-bond donors (Lipinski definition) is 1. The lowest BCUT2D eigenvalue weighted by atomic mass is 9.86. The lowest BCUT2D eigenvalue weighted by Crippen LogP contribution is -2.58. The Balaban J connectivity index is 1.85. The van der Waals surface area contributed by atoms with Gasteiger partial charge in [0.05, 0.1) is 6.07 Å². The highest BCUT2D eigenvalue weighted by atomic mass is 15.3. The number of nitrogens with zero attached hydrogens (tertiary/aromatic N) is 3. The molecule has 2 atom stereocenters. The molecule has 0 aromatic rings. The zero-order valence-corrected chi connectivity index (χ0v) is 12.7. The predicted molar refractivity (Wildman–Crippen MR) is 77.6 cm³/mol. The first kappa shape index (κ1) is 14.8. The Kier molecular flexibility index (Phi) is 4.20. The summed E-state index contributed by atoms with van der Waals surface area (Å²) in [6, 6.07) is 2.35. The van der Waals surface area contributed by atoms with E-state index in [1.165, 1.54) is 0 Å². The highest BCUT2D eigenvalue weighted by Gasteiger charge is 2.40. The van der Waals surface area contributed by atoms with Crippen LogP contribution in [0.3, 0.4) is 0 Å². The molecule has 0 bridgehead atoms. The maximum Gasteiger partial charge on any atom is 0.107 e. The maximum absolute atomic E-state index is 9.26. The standard InChI is InChI=1S/C15H28N4/c1-14(2)12-19(10-9-18(14)3)8-6-13-5-4-7-15(13,17)11-16/h13H,4-10,12,17H2,1-3H3. The van der Waals surface area contributed by atoms with E-state index < -0.39 is 5.54 Å². The SMILES string of the molecule is CN1CCN(CCC2CCCC2(N)C#N)CC1(C)C. The van der Waals surface area contributed by atoms with Crippen molar-refractivity contribution in [3.8, 4) is 6.07 Å². The first-order valence-corrected chi connectivity index (χ1v) is 7.51. The van der Waals surface area contributed by atoms with Crippen molar-refractivity contribution < 1.29 is 0 Å². The third-order valence-corrected chi connectivity index (χ3v) is 5.27. The maximum atomic E-state index is 9.26. The topological polar surface area (TPSA) is 56.3 Å². The van der Waals surface area contributed by atoms with E-state index in [9.17, 15) is 5.26 Å². The zero-order chi connectivity index (χ0) is 14.1. The van der Waals surface area contributed by atoms with Crippen molar-refractivity contribution in [2.45, 2.75) is 50.6 Å². The number of nitriles is 1. The molecule has 4 heteroatoms. The molecule has 1 heterocycles. The Morgan fingerprint density at radius 2 is 2.11 bits per heavy atom. The third-order valence-electron chi connectivity index (χ3n) is 5.27. The molecule has 2 aliphatic rings. The molecule has 0 spiro atoms. The molecule has 1 aliphatic heterocycles. The fourth-order valence-corrected chi connectivity index (χ4v) is 3.52. The quantitative estimate of drug-likeness (QED) is 0.837. The smallest absolute Gasteiger partial charge is 0.107 e. The van der Waals surface area contributed by atoms with Crippen molar-refractivity contribution in [2.75, 3.05) is 33.2 Å². The van der Waals surface area contributed by atoms with Crippen LogP contribution in [0.25, 0.3) is 0 Å². The van der Waals surface area contributed by atoms with E-state index >= 15 is 0 Å². The van der Waals surface area contributed by atoms with Crippen molar-refractivity contribution in [2.24, 2.45) is 11.7 Å². The van der Waals surface area contributed by atoms with Gasteiger partial charge in [-0.3, -0.25) is 4.90 Å². The van der Waals surface area contributed by atoms with Crippen molar-refractivity contribution in [3.63, 3.8) is 0 Å². The van der Waals surface area contributed by atoms with Crippen LogP contribution < -0.4 is 5.73 Å². The Labute approximate surface area is 117 Å². The second-order valence-corrected chi connectivity index (χ2v) is 7.04. The predicted octanol–water partition coefficient (Wildman–Crippen LogP) is 1.42. The lowest BCUT2D eigenvalue weighted by Gasteiger charge is -2.45. The number of nitrogens with two attached hydrogens (primary N) is 1. The summed E-state index contributed by atoms with van der Waals surface area (Å²) >= 11 is 0. The van der Waals surface area contributed by atoms with Gasteiger partial charge in [0, 0.05) is 25.2 Å². The van der Waals surface area contributed by atoms with Gasteiger partial charge in [0.2, 0.25) is 0 Å². The van der Waals surface area contributed by atoms with Gasteiger partial charge in [-0.15, -0.1) is 0 Å². The molecule has 2 unspecified atom stereocenters. The van der Waals surface area contributed by atoms with Gasteiger partial charge < -0.3 is 10.6 Å². The average molecular weight is 264 g/mol. The highest BCUT2D eigenvalue weighted by molar-refractivity contribution is 5.12. The van der Waals surface area contributed by atoms with Crippen LogP contribution in [0, 0.1) is 17.2 Å². The summed E-state index contributed by atoms with van der Waals surface area (Å²) in [4.78, 5) is 4.97. The van der Waals surface area contributed by atoms with E-state index in [0.29, 0.717) is 5.92 Å². The second kappa shape index (κ2) is 5.40. The van der Waals surface area contributed by atoms with Gasteiger partial charge in [-0.05, 0) is 52.6 Å². The van der Waals surface area contributed by atoms with E-state index in [1.807, 2.05) is 0 Å². The average Bonchev–Trinajstić information content (AvgIpc) is 2.73. The third kappa shape index (κ3) is 3.10. The Morgan fingerprint density at radius 3 is 2.74 bits per heavy atom. The Hall–Kier alpha value is -0.630. The molecule has 2 rings (SSSR count). The minimum absolute atomic E-state index is 0.253. The largest absolute Gasteiger partial charge is 0.313 e. The molecule has 2 fully saturated rings. The van der Waals surface area contributed by atoms with Crippen LogP contribution >= 0.6 is 0 Å². The molecule has 19 heavy (non-hydrogen) atoms. The molecule has 0 aromatic heterocycles. The molecular formula is C15H28N4. The van der Waals surface area contributed by atoms with Crippen LogP contribution in [0.2, 0.25) is 0 Å². The first-order chi connectivity index (χ1) is 8.87. The summed E-state index contributed by atoms with van der Waals surface area (Å²) in [5.41, 5.74) is 5.91. The van der Waals surface area contributed by atoms with Gasteiger partial charge in [-0.25, -0.2) is 0 Å². The van der Waals surface area contributed by atoms with E-state index in [-0.39, 0.29) is 5.54 Å².